The maximum absolute atomic E-state index is 13.5. The van der Waals surface area contributed by atoms with Crippen molar-refractivity contribution in [1.29, 1.82) is 0 Å². The number of alkyl halides is 3. The number of aromatic nitrogens is 1. The molecule has 0 radical (unpaired) electrons. The SMILES string of the molecule is COC(=O)c1ccc(CNC(=O)c2cc(C(F)(F)F)cc3ccn(Cc4ccc(Cl)cc4)c23)cc1. The Morgan fingerprint density at radius 1 is 0.971 bits per heavy atom. The number of hydrogen-bond acceptors (Lipinski definition) is 3. The summed E-state index contributed by atoms with van der Waals surface area (Å²) in [5.41, 5.74) is 1.31. The molecule has 4 rings (SSSR count). The summed E-state index contributed by atoms with van der Waals surface area (Å²) in [4.78, 5) is 24.7. The lowest BCUT2D eigenvalue weighted by atomic mass is 10.0. The Labute approximate surface area is 204 Å². The van der Waals surface area contributed by atoms with Crippen molar-refractivity contribution in [2.24, 2.45) is 0 Å². The summed E-state index contributed by atoms with van der Waals surface area (Å²) in [6.07, 6.45) is -2.95. The third-order valence-electron chi connectivity index (χ3n) is 5.53. The van der Waals surface area contributed by atoms with Gasteiger partial charge in [-0.05, 0) is 53.6 Å². The van der Waals surface area contributed by atoms with Gasteiger partial charge in [-0.15, -0.1) is 0 Å². The summed E-state index contributed by atoms with van der Waals surface area (Å²) in [5, 5.41) is 3.56. The van der Waals surface area contributed by atoms with Crippen molar-refractivity contribution < 1.29 is 27.5 Å². The molecule has 0 aliphatic heterocycles. The van der Waals surface area contributed by atoms with Crippen molar-refractivity contribution in [3.63, 3.8) is 0 Å². The van der Waals surface area contributed by atoms with Crippen LogP contribution in [0.5, 0.6) is 0 Å². The minimum absolute atomic E-state index is 0.0654. The molecular weight excluding hydrogens is 481 g/mol. The van der Waals surface area contributed by atoms with Gasteiger partial charge in [-0.25, -0.2) is 4.79 Å². The highest BCUT2D eigenvalue weighted by atomic mass is 35.5. The van der Waals surface area contributed by atoms with Crippen LogP contribution in [0.2, 0.25) is 5.02 Å². The zero-order valence-corrected chi connectivity index (χ0v) is 19.3. The number of amides is 1. The number of halogens is 4. The minimum atomic E-state index is -4.61. The van der Waals surface area contributed by atoms with E-state index < -0.39 is 23.6 Å². The first kappa shape index (κ1) is 24.3. The standard InChI is InChI=1S/C26H20ClF3N2O3/c1-35-25(34)18-6-2-16(3-7-18)14-31-24(33)22-13-20(26(28,29)30)12-19-10-11-32(23(19)22)15-17-4-8-21(27)9-5-17/h2-13H,14-15H2,1H3,(H,31,33). The second-order valence-corrected chi connectivity index (χ2v) is 8.34. The van der Waals surface area contributed by atoms with Gasteiger partial charge in [-0.3, -0.25) is 4.79 Å². The van der Waals surface area contributed by atoms with Crippen LogP contribution >= 0.6 is 11.6 Å². The van der Waals surface area contributed by atoms with Crippen LogP contribution in [0.3, 0.4) is 0 Å². The molecule has 1 N–H and O–H groups in total. The van der Waals surface area contributed by atoms with E-state index in [0.717, 1.165) is 17.7 Å². The minimum Gasteiger partial charge on any atom is -0.465 e. The number of nitrogens with zero attached hydrogens (tertiary/aromatic N) is 1. The van der Waals surface area contributed by atoms with Crippen molar-refractivity contribution in [3.05, 3.63) is 106 Å². The van der Waals surface area contributed by atoms with Gasteiger partial charge in [0.2, 0.25) is 0 Å². The summed E-state index contributed by atoms with van der Waals surface area (Å²) in [5.74, 6) is -1.14. The molecule has 0 saturated carbocycles. The molecule has 5 nitrogen and oxygen atoms in total. The summed E-state index contributed by atoms with van der Waals surface area (Å²) in [7, 11) is 1.27. The highest BCUT2D eigenvalue weighted by Gasteiger charge is 2.32. The van der Waals surface area contributed by atoms with Gasteiger partial charge in [0.15, 0.2) is 0 Å². The van der Waals surface area contributed by atoms with Crippen LogP contribution in [0.25, 0.3) is 10.9 Å². The topological polar surface area (TPSA) is 60.3 Å². The normalized spacial score (nSPS) is 11.5. The molecule has 1 amide bonds. The van der Waals surface area contributed by atoms with Crippen molar-refractivity contribution in [1.82, 2.24) is 9.88 Å². The number of esters is 1. The molecule has 0 saturated heterocycles. The Morgan fingerprint density at radius 3 is 2.26 bits per heavy atom. The molecule has 0 unspecified atom stereocenters. The first-order chi connectivity index (χ1) is 16.7. The molecule has 4 aromatic rings. The van der Waals surface area contributed by atoms with Crippen LogP contribution in [-0.2, 0) is 24.0 Å². The number of benzene rings is 3. The van der Waals surface area contributed by atoms with Gasteiger partial charge in [-0.1, -0.05) is 35.9 Å². The summed E-state index contributed by atoms with van der Waals surface area (Å²) < 4.78 is 47.0. The second kappa shape index (κ2) is 9.84. The molecule has 0 atom stereocenters. The molecule has 180 valence electrons. The van der Waals surface area contributed by atoms with Gasteiger partial charge in [0.25, 0.3) is 5.91 Å². The van der Waals surface area contributed by atoms with E-state index in [1.54, 1.807) is 53.2 Å². The Kier molecular flexibility index (Phi) is 6.84. The van der Waals surface area contributed by atoms with E-state index in [1.807, 2.05) is 12.1 Å². The number of rotatable bonds is 6. The van der Waals surface area contributed by atoms with Crippen molar-refractivity contribution >= 4 is 34.4 Å². The molecule has 3 aromatic carbocycles. The van der Waals surface area contributed by atoms with Gasteiger partial charge in [0.1, 0.15) is 0 Å². The van der Waals surface area contributed by atoms with E-state index in [1.165, 1.54) is 7.11 Å². The van der Waals surface area contributed by atoms with Crippen LogP contribution in [0.4, 0.5) is 13.2 Å². The van der Waals surface area contributed by atoms with Gasteiger partial charge in [0, 0.05) is 29.7 Å². The lowest BCUT2D eigenvalue weighted by Gasteiger charge is -2.14. The van der Waals surface area contributed by atoms with Crippen LogP contribution in [0, 0.1) is 0 Å². The first-order valence-corrected chi connectivity index (χ1v) is 10.9. The van der Waals surface area contributed by atoms with Crippen LogP contribution in [-0.4, -0.2) is 23.6 Å². The van der Waals surface area contributed by atoms with Gasteiger partial charge < -0.3 is 14.6 Å². The van der Waals surface area contributed by atoms with Gasteiger partial charge in [-0.2, -0.15) is 13.2 Å². The Hall–Kier alpha value is -3.78. The smallest absolute Gasteiger partial charge is 0.416 e. The van der Waals surface area contributed by atoms with E-state index in [0.29, 0.717) is 33.6 Å². The lowest BCUT2D eigenvalue weighted by molar-refractivity contribution is -0.137. The molecule has 35 heavy (non-hydrogen) atoms. The van der Waals surface area contributed by atoms with E-state index in [-0.39, 0.29) is 12.1 Å². The van der Waals surface area contributed by atoms with Crippen molar-refractivity contribution in [2.75, 3.05) is 7.11 Å². The monoisotopic (exact) mass is 500 g/mol. The third kappa shape index (κ3) is 5.49. The fourth-order valence-electron chi connectivity index (χ4n) is 3.76. The highest BCUT2D eigenvalue weighted by molar-refractivity contribution is 6.30. The third-order valence-corrected chi connectivity index (χ3v) is 5.78. The second-order valence-electron chi connectivity index (χ2n) is 7.90. The average Bonchev–Trinajstić information content (AvgIpc) is 3.25. The molecule has 1 heterocycles. The van der Waals surface area contributed by atoms with Crippen LogP contribution in [0.15, 0.2) is 72.9 Å². The van der Waals surface area contributed by atoms with Gasteiger partial charge >= 0.3 is 12.1 Å². The maximum atomic E-state index is 13.5. The zero-order valence-electron chi connectivity index (χ0n) is 18.5. The zero-order chi connectivity index (χ0) is 25.2. The first-order valence-electron chi connectivity index (χ1n) is 10.6. The molecule has 0 fully saturated rings. The molecule has 9 heteroatoms. The number of carbonyl (C=O) groups is 2. The molecular formula is C26H20ClF3N2O3. The summed E-state index contributed by atoms with van der Waals surface area (Å²) in [6.45, 7) is 0.414. The number of carbonyl (C=O) groups excluding carboxylic acids is 2. The predicted molar refractivity (Wildman–Crippen MR) is 126 cm³/mol. The Morgan fingerprint density at radius 2 is 1.63 bits per heavy atom. The molecule has 0 aliphatic carbocycles. The summed E-state index contributed by atoms with van der Waals surface area (Å²) in [6, 6.07) is 16.9. The maximum Gasteiger partial charge on any atom is 0.416 e. The number of ether oxygens (including phenoxy) is 1. The number of nitrogens with one attached hydrogen (secondary N) is 1. The molecule has 0 aliphatic rings. The largest absolute Gasteiger partial charge is 0.465 e. The number of methoxy groups -OCH3 is 1. The van der Waals surface area contributed by atoms with E-state index >= 15 is 0 Å². The number of hydrogen-bond donors (Lipinski definition) is 1. The van der Waals surface area contributed by atoms with E-state index in [4.69, 9.17) is 11.6 Å². The van der Waals surface area contributed by atoms with E-state index in [2.05, 4.69) is 10.1 Å². The fraction of sp³-hybridized carbons (Fsp3) is 0.154. The van der Waals surface area contributed by atoms with Gasteiger partial charge in [0.05, 0.1) is 29.3 Å². The van der Waals surface area contributed by atoms with E-state index in [9.17, 15) is 22.8 Å². The Balaban J connectivity index is 1.65. The lowest BCUT2D eigenvalue weighted by Crippen LogP contribution is -2.24. The predicted octanol–water partition coefficient (Wildman–Crippen LogP) is 6.08. The molecule has 0 bridgehead atoms. The molecule has 0 spiro atoms. The average molecular weight is 501 g/mol. The van der Waals surface area contributed by atoms with Crippen molar-refractivity contribution in [3.8, 4) is 0 Å². The summed E-state index contributed by atoms with van der Waals surface area (Å²) >= 11 is 5.94. The Bertz CT molecular complexity index is 1380. The highest BCUT2D eigenvalue weighted by Crippen LogP contribution is 2.34. The van der Waals surface area contributed by atoms with Crippen LogP contribution in [0.1, 0.15) is 37.4 Å². The quantitative estimate of drug-likeness (QED) is 0.326. The van der Waals surface area contributed by atoms with Crippen molar-refractivity contribution in [2.45, 2.75) is 19.3 Å². The van der Waals surface area contributed by atoms with Crippen LogP contribution < -0.4 is 5.32 Å². The number of fused-ring (bicyclic) bond motifs is 1. The molecule has 1 aromatic heterocycles. The fourth-order valence-corrected chi connectivity index (χ4v) is 3.88.